The van der Waals surface area contributed by atoms with E-state index in [0.29, 0.717) is 19.6 Å². The number of carbonyl (C=O) groups is 1. The van der Waals surface area contributed by atoms with Gasteiger partial charge in [-0.05, 0) is 80.8 Å². The van der Waals surface area contributed by atoms with Gasteiger partial charge in [-0.15, -0.1) is 0 Å². The normalized spacial score (nSPS) is 36.4. The fourth-order valence-corrected chi connectivity index (χ4v) is 8.81. The second kappa shape index (κ2) is 7.24. The van der Waals surface area contributed by atoms with Gasteiger partial charge in [0.2, 0.25) is 15.9 Å². The van der Waals surface area contributed by atoms with E-state index in [-0.39, 0.29) is 27.2 Å². The van der Waals surface area contributed by atoms with E-state index >= 15 is 0 Å². The fourth-order valence-electron chi connectivity index (χ4n) is 6.79. The zero-order valence-corrected chi connectivity index (χ0v) is 18.2. The SMILES string of the molecule is O=C(NCC1CCN(S(=O)(=O)c2ccccc2Cl)C1)C12CC3CC(CC(C3)C1)C2. The molecule has 1 unspecified atom stereocenters. The molecule has 1 amide bonds. The maximum atomic E-state index is 13.1. The molecule has 1 saturated heterocycles. The number of hydrogen-bond donors (Lipinski definition) is 1. The molecule has 1 aliphatic heterocycles. The highest BCUT2D eigenvalue weighted by Crippen LogP contribution is 2.60. The zero-order valence-electron chi connectivity index (χ0n) is 16.6. The van der Waals surface area contributed by atoms with Gasteiger partial charge in [0.1, 0.15) is 4.90 Å². The van der Waals surface area contributed by atoms with Crippen molar-refractivity contribution in [1.29, 1.82) is 0 Å². The van der Waals surface area contributed by atoms with Gasteiger partial charge in [0, 0.05) is 25.0 Å². The third-order valence-electron chi connectivity index (χ3n) is 7.77. The molecule has 1 atom stereocenters. The van der Waals surface area contributed by atoms with E-state index in [1.54, 1.807) is 24.3 Å². The van der Waals surface area contributed by atoms with Crippen LogP contribution in [-0.2, 0) is 14.8 Å². The van der Waals surface area contributed by atoms with Crippen LogP contribution in [0.15, 0.2) is 29.2 Å². The highest BCUT2D eigenvalue weighted by molar-refractivity contribution is 7.89. The number of nitrogens with zero attached hydrogens (tertiary/aromatic N) is 1. The van der Waals surface area contributed by atoms with Crippen molar-refractivity contribution in [3.63, 3.8) is 0 Å². The van der Waals surface area contributed by atoms with Crippen molar-refractivity contribution in [3.8, 4) is 0 Å². The minimum Gasteiger partial charge on any atom is -0.355 e. The van der Waals surface area contributed by atoms with Gasteiger partial charge in [0.25, 0.3) is 0 Å². The van der Waals surface area contributed by atoms with Gasteiger partial charge in [-0.3, -0.25) is 4.79 Å². The number of nitrogens with one attached hydrogen (secondary N) is 1. The Bertz CT molecular complexity index is 881. The predicted molar refractivity (Wildman–Crippen MR) is 112 cm³/mol. The summed E-state index contributed by atoms with van der Waals surface area (Å²) in [5.74, 6) is 2.62. The summed E-state index contributed by atoms with van der Waals surface area (Å²) in [4.78, 5) is 13.3. The van der Waals surface area contributed by atoms with Crippen LogP contribution in [0.1, 0.15) is 44.9 Å². The first-order valence-electron chi connectivity index (χ1n) is 10.9. The van der Waals surface area contributed by atoms with Gasteiger partial charge < -0.3 is 5.32 Å². The molecule has 0 aromatic heterocycles. The Morgan fingerprint density at radius 2 is 1.72 bits per heavy atom. The number of carbonyl (C=O) groups excluding carboxylic acids is 1. The Hall–Kier alpha value is -1.11. The third-order valence-corrected chi connectivity index (χ3v) is 10.1. The first-order chi connectivity index (χ1) is 13.9. The van der Waals surface area contributed by atoms with E-state index in [1.165, 1.54) is 23.6 Å². The lowest BCUT2D eigenvalue weighted by molar-refractivity contribution is -0.146. The summed E-state index contributed by atoms with van der Waals surface area (Å²) in [5.41, 5.74) is -0.142. The summed E-state index contributed by atoms with van der Waals surface area (Å²) in [6.07, 6.45) is 7.91. The van der Waals surface area contributed by atoms with Gasteiger partial charge in [-0.25, -0.2) is 8.42 Å². The monoisotopic (exact) mass is 436 g/mol. The van der Waals surface area contributed by atoms with Crippen LogP contribution in [0.2, 0.25) is 5.02 Å². The number of benzene rings is 1. The van der Waals surface area contributed by atoms with E-state index in [0.717, 1.165) is 43.4 Å². The van der Waals surface area contributed by atoms with Crippen LogP contribution in [0.5, 0.6) is 0 Å². The lowest BCUT2D eigenvalue weighted by atomic mass is 9.49. The van der Waals surface area contributed by atoms with Crippen molar-refractivity contribution in [2.45, 2.75) is 49.8 Å². The fraction of sp³-hybridized carbons (Fsp3) is 0.682. The van der Waals surface area contributed by atoms with Crippen molar-refractivity contribution < 1.29 is 13.2 Å². The quantitative estimate of drug-likeness (QED) is 0.765. The predicted octanol–water partition coefficient (Wildman–Crippen LogP) is 3.68. The largest absolute Gasteiger partial charge is 0.355 e. The standard InChI is InChI=1S/C22H29ClN2O3S/c23-19-3-1-2-4-20(19)29(27,28)25-6-5-15(14-25)13-24-21(26)22-10-16-7-17(11-22)9-18(8-16)12-22/h1-4,15-18H,5-14H2,(H,24,26). The first kappa shape index (κ1) is 19.8. The van der Waals surface area contributed by atoms with Crippen molar-refractivity contribution in [2.24, 2.45) is 29.1 Å². The summed E-state index contributed by atoms with van der Waals surface area (Å²) in [6.45, 7) is 1.48. The van der Waals surface area contributed by atoms with Crippen molar-refractivity contribution in [3.05, 3.63) is 29.3 Å². The van der Waals surface area contributed by atoms with Gasteiger partial charge >= 0.3 is 0 Å². The van der Waals surface area contributed by atoms with Gasteiger partial charge in [-0.1, -0.05) is 23.7 Å². The van der Waals surface area contributed by atoms with Gasteiger partial charge in [-0.2, -0.15) is 4.31 Å². The molecule has 5 aliphatic rings. The molecule has 5 nitrogen and oxygen atoms in total. The Kier molecular flexibility index (Phi) is 4.95. The molecular weight excluding hydrogens is 408 g/mol. The number of rotatable bonds is 5. The molecule has 1 heterocycles. The van der Waals surface area contributed by atoms with E-state index in [1.807, 2.05) is 0 Å². The summed E-state index contributed by atoms with van der Waals surface area (Å²) >= 11 is 6.11. The number of hydrogen-bond acceptors (Lipinski definition) is 3. The lowest BCUT2D eigenvalue weighted by Gasteiger charge is -2.55. The highest BCUT2D eigenvalue weighted by atomic mass is 35.5. The van der Waals surface area contributed by atoms with Crippen LogP contribution in [0.25, 0.3) is 0 Å². The molecule has 1 aromatic carbocycles. The lowest BCUT2D eigenvalue weighted by Crippen LogP contribution is -2.54. The molecule has 4 aliphatic carbocycles. The summed E-state index contributed by atoms with van der Waals surface area (Å²) in [6, 6.07) is 6.58. The van der Waals surface area contributed by atoms with Crippen LogP contribution >= 0.6 is 11.6 Å². The van der Waals surface area contributed by atoms with Crippen molar-refractivity contribution in [1.82, 2.24) is 9.62 Å². The molecule has 158 valence electrons. The summed E-state index contributed by atoms with van der Waals surface area (Å²) in [5, 5.41) is 3.47. The average Bonchev–Trinajstić information content (AvgIpc) is 3.15. The Balaban J connectivity index is 1.20. The molecule has 0 radical (unpaired) electrons. The van der Waals surface area contributed by atoms with Crippen LogP contribution in [0.3, 0.4) is 0 Å². The summed E-state index contributed by atoms with van der Waals surface area (Å²) < 4.78 is 27.4. The van der Waals surface area contributed by atoms with Crippen molar-refractivity contribution in [2.75, 3.05) is 19.6 Å². The maximum absolute atomic E-state index is 13.1. The molecule has 4 bridgehead atoms. The van der Waals surface area contributed by atoms with Crippen molar-refractivity contribution >= 4 is 27.5 Å². The Morgan fingerprint density at radius 1 is 1.10 bits per heavy atom. The van der Waals surface area contributed by atoms with Crippen LogP contribution < -0.4 is 5.32 Å². The van der Waals surface area contributed by atoms with Crippen LogP contribution in [0, 0.1) is 29.1 Å². The molecule has 6 rings (SSSR count). The van der Waals surface area contributed by atoms with E-state index in [9.17, 15) is 13.2 Å². The molecule has 1 aromatic rings. The minimum absolute atomic E-state index is 0.142. The van der Waals surface area contributed by atoms with Gasteiger partial charge in [0.05, 0.1) is 5.02 Å². The summed E-state index contributed by atoms with van der Waals surface area (Å²) in [7, 11) is -3.59. The number of amides is 1. The third kappa shape index (κ3) is 3.51. The highest BCUT2D eigenvalue weighted by Gasteiger charge is 2.54. The molecule has 5 fully saturated rings. The van der Waals surface area contributed by atoms with E-state index in [2.05, 4.69) is 5.32 Å². The molecule has 7 heteroatoms. The molecule has 0 spiro atoms. The Morgan fingerprint density at radius 3 is 2.34 bits per heavy atom. The average molecular weight is 437 g/mol. The second-order valence-electron chi connectivity index (χ2n) is 9.86. The first-order valence-corrected chi connectivity index (χ1v) is 12.7. The van der Waals surface area contributed by atoms with Gasteiger partial charge in [0.15, 0.2) is 0 Å². The minimum atomic E-state index is -3.59. The number of halogens is 1. The van der Waals surface area contributed by atoms with Crippen LogP contribution in [0.4, 0.5) is 0 Å². The topological polar surface area (TPSA) is 66.5 Å². The zero-order chi connectivity index (χ0) is 20.2. The molecule has 4 saturated carbocycles. The van der Waals surface area contributed by atoms with E-state index in [4.69, 9.17) is 11.6 Å². The van der Waals surface area contributed by atoms with Crippen LogP contribution in [-0.4, -0.2) is 38.3 Å². The molecular formula is C22H29ClN2O3S. The molecule has 29 heavy (non-hydrogen) atoms. The maximum Gasteiger partial charge on any atom is 0.244 e. The smallest absolute Gasteiger partial charge is 0.244 e. The Labute approximate surface area is 178 Å². The second-order valence-corrected chi connectivity index (χ2v) is 12.2. The molecule has 1 N–H and O–H groups in total. The number of sulfonamides is 1. The van der Waals surface area contributed by atoms with E-state index < -0.39 is 10.0 Å².